The predicted octanol–water partition coefficient (Wildman–Crippen LogP) is 5.59. The first-order chi connectivity index (χ1) is 14.7. The minimum atomic E-state index is -0.324. The van der Waals surface area contributed by atoms with E-state index in [2.05, 4.69) is 34.2 Å². The van der Waals surface area contributed by atoms with Crippen molar-refractivity contribution in [3.8, 4) is 23.0 Å². The fourth-order valence-corrected chi connectivity index (χ4v) is 3.70. The van der Waals surface area contributed by atoms with Gasteiger partial charge in [0.05, 0.1) is 0 Å². The summed E-state index contributed by atoms with van der Waals surface area (Å²) in [6.45, 7) is 3.35. The van der Waals surface area contributed by atoms with E-state index < -0.39 is 0 Å². The highest BCUT2D eigenvalue weighted by Crippen LogP contribution is 2.23. The Kier molecular flexibility index (Phi) is 6.49. The number of amides is 1. The number of hydrogen-bond acceptors (Lipinski definition) is 2. The molecule has 0 radical (unpaired) electrons. The molecule has 0 saturated carbocycles. The SMILES string of the molecule is O=C(C#Cc1ccc(CN2CCCC2)cc1)Nc1ccc(-c2ccc(Cl)cc2)cc1. The van der Waals surface area contributed by atoms with Crippen LogP contribution in [0.2, 0.25) is 5.02 Å². The van der Waals surface area contributed by atoms with Gasteiger partial charge in [-0.1, -0.05) is 53.9 Å². The second-order valence-electron chi connectivity index (χ2n) is 7.47. The molecule has 0 aliphatic carbocycles. The van der Waals surface area contributed by atoms with Crippen LogP contribution in [0.15, 0.2) is 72.8 Å². The van der Waals surface area contributed by atoms with E-state index in [4.69, 9.17) is 11.6 Å². The number of nitrogens with zero attached hydrogens (tertiary/aromatic N) is 1. The van der Waals surface area contributed by atoms with E-state index in [1.165, 1.54) is 31.5 Å². The minimum absolute atomic E-state index is 0.324. The summed E-state index contributed by atoms with van der Waals surface area (Å²) in [7, 11) is 0. The molecule has 0 atom stereocenters. The maximum Gasteiger partial charge on any atom is 0.300 e. The van der Waals surface area contributed by atoms with Crippen LogP contribution in [-0.2, 0) is 11.3 Å². The molecule has 1 aliphatic heterocycles. The van der Waals surface area contributed by atoms with Crippen LogP contribution in [0.1, 0.15) is 24.0 Å². The Morgan fingerprint density at radius 1 is 0.867 bits per heavy atom. The first-order valence-corrected chi connectivity index (χ1v) is 10.5. The number of rotatable bonds is 4. The first kappa shape index (κ1) is 20.2. The molecule has 3 aromatic rings. The highest BCUT2D eigenvalue weighted by Gasteiger charge is 2.11. The van der Waals surface area contributed by atoms with Gasteiger partial charge in [0.25, 0.3) is 0 Å². The zero-order chi connectivity index (χ0) is 20.8. The minimum Gasteiger partial charge on any atom is -0.315 e. The van der Waals surface area contributed by atoms with Crippen molar-refractivity contribution in [2.24, 2.45) is 0 Å². The molecule has 1 N–H and O–H groups in total. The number of halogens is 1. The number of carbonyl (C=O) groups is 1. The van der Waals surface area contributed by atoms with Gasteiger partial charge in [0.15, 0.2) is 0 Å². The largest absolute Gasteiger partial charge is 0.315 e. The van der Waals surface area contributed by atoms with Crippen LogP contribution in [0.4, 0.5) is 5.69 Å². The number of hydrogen-bond donors (Lipinski definition) is 1. The third kappa shape index (κ3) is 5.51. The van der Waals surface area contributed by atoms with E-state index in [0.29, 0.717) is 10.7 Å². The average Bonchev–Trinajstić information content (AvgIpc) is 3.28. The Morgan fingerprint density at radius 2 is 1.47 bits per heavy atom. The van der Waals surface area contributed by atoms with Crippen molar-refractivity contribution in [1.29, 1.82) is 0 Å². The lowest BCUT2D eigenvalue weighted by Crippen LogP contribution is -2.18. The summed E-state index contributed by atoms with van der Waals surface area (Å²) in [6, 6.07) is 23.5. The van der Waals surface area contributed by atoms with Crippen molar-refractivity contribution >= 4 is 23.2 Å². The molecule has 1 fully saturated rings. The number of carbonyl (C=O) groups excluding carboxylic acids is 1. The Morgan fingerprint density at radius 3 is 2.10 bits per heavy atom. The van der Waals surface area contributed by atoms with Gasteiger partial charge in [-0.25, -0.2) is 0 Å². The fraction of sp³-hybridized carbons (Fsp3) is 0.192. The Bertz CT molecular complexity index is 1060. The molecule has 1 heterocycles. The zero-order valence-electron chi connectivity index (χ0n) is 16.7. The topological polar surface area (TPSA) is 32.3 Å². The summed E-state index contributed by atoms with van der Waals surface area (Å²) in [5.74, 6) is 5.28. The van der Waals surface area contributed by atoms with E-state index in [0.717, 1.165) is 23.2 Å². The first-order valence-electron chi connectivity index (χ1n) is 10.2. The molecule has 30 heavy (non-hydrogen) atoms. The molecule has 0 aromatic heterocycles. The Labute approximate surface area is 182 Å². The van der Waals surface area contributed by atoms with Crippen LogP contribution in [0, 0.1) is 11.8 Å². The summed E-state index contributed by atoms with van der Waals surface area (Å²) in [5.41, 5.74) is 4.98. The average molecular weight is 415 g/mol. The molecular weight excluding hydrogens is 392 g/mol. The molecule has 1 saturated heterocycles. The van der Waals surface area contributed by atoms with Gasteiger partial charge in [-0.15, -0.1) is 0 Å². The third-order valence-electron chi connectivity index (χ3n) is 5.20. The van der Waals surface area contributed by atoms with Gasteiger partial charge in [-0.2, -0.15) is 0 Å². The lowest BCUT2D eigenvalue weighted by molar-refractivity contribution is -0.111. The molecular formula is C26H23ClN2O. The van der Waals surface area contributed by atoms with Gasteiger partial charge in [-0.3, -0.25) is 9.69 Å². The second kappa shape index (κ2) is 9.63. The monoisotopic (exact) mass is 414 g/mol. The standard InChI is InChI=1S/C26H23ClN2O/c27-24-12-8-22(9-13-24)23-10-14-25(15-11-23)28-26(30)16-7-20-3-5-21(6-4-20)19-29-17-1-2-18-29/h3-6,8-15H,1-2,17-19H2,(H,28,30). The van der Waals surface area contributed by atoms with Gasteiger partial charge in [0.1, 0.15) is 0 Å². The van der Waals surface area contributed by atoms with E-state index >= 15 is 0 Å². The maximum atomic E-state index is 12.2. The van der Waals surface area contributed by atoms with Crippen LogP contribution in [0.25, 0.3) is 11.1 Å². The molecule has 150 valence electrons. The second-order valence-corrected chi connectivity index (χ2v) is 7.90. The van der Waals surface area contributed by atoms with Crippen molar-refractivity contribution in [3.63, 3.8) is 0 Å². The van der Waals surface area contributed by atoms with E-state index in [1.54, 1.807) is 0 Å². The van der Waals surface area contributed by atoms with Crippen molar-refractivity contribution < 1.29 is 4.79 Å². The van der Waals surface area contributed by atoms with Gasteiger partial charge < -0.3 is 5.32 Å². The highest BCUT2D eigenvalue weighted by atomic mass is 35.5. The van der Waals surface area contributed by atoms with Gasteiger partial charge >= 0.3 is 5.91 Å². The summed E-state index contributed by atoms with van der Waals surface area (Å²) in [6.07, 6.45) is 2.59. The van der Waals surface area contributed by atoms with Crippen LogP contribution in [-0.4, -0.2) is 23.9 Å². The normalized spacial score (nSPS) is 13.5. The molecule has 3 nitrogen and oxygen atoms in total. The molecule has 1 amide bonds. The summed E-state index contributed by atoms with van der Waals surface area (Å²) >= 11 is 5.94. The molecule has 0 unspecified atom stereocenters. The van der Waals surface area contributed by atoms with Crippen molar-refractivity contribution in [2.45, 2.75) is 19.4 Å². The predicted molar refractivity (Wildman–Crippen MR) is 123 cm³/mol. The number of anilines is 1. The lowest BCUT2D eigenvalue weighted by Gasteiger charge is -2.14. The Hall–Kier alpha value is -3.06. The van der Waals surface area contributed by atoms with Crippen LogP contribution in [0.5, 0.6) is 0 Å². The smallest absolute Gasteiger partial charge is 0.300 e. The van der Waals surface area contributed by atoms with Crippen LogP contribution in [0.3, 0.4) is 0 Å². The lowest BCUT2D eigenvalue weighted by atomic mass is 10.1. The molecule has 3 aromatic carbocycles. The number of nitrogens with one attached hydrogen (secondary N) is 1. The fourth-order valence-electron chi connectivity index (χ4n) is 3.57. The van der Waals surface area contributed by atoms with Gasteiger partial charge in [0.2, 0.25) is 0 Å². The third-order valence-corrected chi connectivity index (χ3v) is 5.45. The van der Waals surface area contributed by atoms with Crippen LogP contribution >= 0.6 is 11.6 Å². The summed E-state index contributed by atoms with van der Waals surface area (Å²) < 4.78 is 0. The molecule has 0 spiro atoms. The Balaban J connectivity index is 1.33. The van der Waals surface area contributed by atoms with Gasteiger partial charge in [-0.05, 0) is 79.0 Å². The van der Waals surface area contributed by atoms with E-state index in [-0.39, 0.29) is 5.91 Å². The zero-order valence-corrected chi connectivity index (χ0v) is 17.5. The van der Waals surface area contributed by atoms with Crippen molar-refractivity contribution in [3.05, 3.63) is 88.9 Å². The van der Waals surface area contributed by atoms with Crippen molar-refractivity contribution in [1.82, 2.24) is 4.90 Å². The van der Waals surface area contributed by atoms with E-state index in [9.17, 15) is 4.79 Å². The number of benzene rings is 3. The summed E-state index contributed by atoms with van der Waals surface area (Å²) in [4.78, 5) is 14.6. The molecule has 4 heteroatoms. The molecule has 0 bridgehead atoms. The van der Waals surface area contributed by atoms with Crippen LogP contribution < -0.4 is 5.32 Å². The highest BCUT2D eigenvalue weighted by molar-refractivity contribution is 6.30. The van der Waals surface area contributed by atoms with Gasteiger partial charge in [0, 0.05) is 28.7 Å². The quantitative estimate of drug-likeness (QED) is 0.564. The number of likely N-dealkylation sites (tertiary alicyclic amines) is 1. The maximum absolute atomic E-state index is 12.2. The molecule has 1 aliphatic rings. The van der Waals surface area contributed by atoms with E-state index in [1.807, 2.05) is 60.7 Å². The molecule has 4 rings (SSSR count). The summed E-state index contributed by atoms with van der Waals surface area (Å²) in [5, 5.41) is 3.53. The van der Waals surface area contributed by atoms with Crippen molar-refractivity contribution in [2.75, 3.05) is 18.4 Å².